The second-order valence-electron chi connectivity index (χ2n) is 6.95. The van der Waals surface area contributed by atoms with Crippen molar-refractivity contribution in [3.63, 3.8) is 0 Å². The molecule has 0 radical (unpaired) electrons. The number of benzene rings is 1. The number of nitrogens with zero attached hydrogens (tertiary/aromatic N) is 4. The predicted octanol–water partition coefficient (Wildman–Crippen LogP) is 2.71. The Kier molecular flexibility index (Phi) is 6.04. The van der Waals surface area contributed by atoms with Gasteiger partial charge in [-0.3, -0.25) is 9.69 Å². The van der Waals surface area contributed by atoms with E-state index in [0.29, 0.717) is 18.7 Å². The van der Waals surface area contributed by atoms with Gasteiger partial charge in [0, 0.05) is 50.6 Å². The normalized spacial score (nSPS) is 18.0. The van der Waals surface area contributed by atoms with E-state index in [-0.39, 0.29) is 17.8 Å². The molecule has 0 saturated carbocycles. The van der Waals surface area contributed by atoms with Gasteiger partial charge >= 0.3 is 0 Å². The van der Waals surface area contributed by atoms with Gasteiger partial charge in [-0.15, -0.1) is 0 Å². The first-order valence-electron chi connectivity index (χ1n) is 9.30. The van der Waals surface area contributed by atoms with Gasteiger partial charge in [-0.25, -0.2) is 9.37 Å². The number of imidazole rings is 1. The topological polar surface area (TPSA) is 41.4 Å². The van der Waals surface area contributed by atoms with Crippen molar-refractivity contribution in [2.75, 3.05) is 20.1 Å². The Hall–Kier alpha value is -2.21. The van der Waals surface area contributed by atoms with E-state index in [2.05, 4.69) is 9.88 Å². The van der Waals surface area contributed by atoms with E-state index in [9.17, 15) is 9.18 Å². The molecule has 2 heterocycles. The highest BCUT2D eigenvalue weighted by Crippen LogP contribution is 2.19. The van der Waals surface area contributed by atoms with Gasteiger partial charge in [0.25, 0.3) is 0 Å². The van der Waals surface area contributed by atoms with Crippen LogP contribution >= 0.6 is 0 Å². The monoisotopic (exact) mass is 358 g/mol. The van der Waals surface area contributed by atoms with Crippen LogP contribution in [0.25, 0.3) is 0 Å². The molecule has 1 aliphatic rings. The molecule has 1 saturated heterocycles. The van der Waals surface area contributed by atoms with Gasteiger partial charge in [0.2, 0.25) is 5.91 Å². The van der Waals surface area contributed by atoms with Crippen LogP contribution < -0.4 is 0 Å². The highest BCUT2D eigenvalue weighted by molar-refractivity contribution is 5.76. The van der Waals surface area contributed by atoms with E-state index in [1.165, 1.54) is 6.07 Å². The van der Waals surface area contributed by atoms with Crippen molar-refractivity contribution in [1.82, 2.24) is 19.4 Å². The molecule has 1 amide bonds. The molecular formula is C20H27FN4O. The molecule has 0 spiro atoms. The van der Waals surface area contributed by atoms with Crippen molar-refractivity contribution >= 4 is 5.91 Å². The number of carbonyl (C=O) groups is 1. The number of aryl methyl sites for hydroxylation is 1. The SMILES string of the molecule is CCc1nccn1CC(=O)N(C)[C@@H]1CCCN(Cc2ccccc2F)C1. The van der Waals surface area contributed by atoms with Gasteiger partial charge in [-0.2, -0.15) is 0 Å². The highest BCUT2D eigenvalue weighted by atomic mass is 19.1. The van der Waals surface area contributed by atoms with E-state index < -0.39 is 0 Å². The summed E-state index contributed by atoms with van der Waals surface area (Å²) in [5, 5.41) is 0. The number of carbonyl (C=O) groups excluding carboxylic acids is 1. The van der Waals surface area contributed by atoms with Crippen LogP contribution in [-0.2, 0) is 24.3 Å². The lowest BCUT2D eigenvalue weighted by atomic mass is 10.0. The molecule has 140 valence electrons. The lowest BCUT2D eigenvalue weighted by Crippen LogP contribution is -2.49. The van der Waals surface area contributed by atoms with E-state index in [0.717, 1.165) is 38.2 Å². The molecule has 26 heavy (non-hydrogen) atoms. The summed E-state index contributed by atoms with van der Waals surface area (Å²) < 4.78 is 15.8. The molecular weight excluding hydrogens is 331 g/mol. The Morgan fingerprint density at radius 3 is 2.96 bits per heavy atom. The fourth-order valence-corrected chi connectivity index (χ4v) is 3.62. The van der Waals surface area contributed by atoms with Crippen LogP contribution in [0.3, 0.4) is 0 Å². The molecule has 3 rings (SSSR count). The lowest BCUT2D eigenvalue weighted by Gasteiger charge is -2.37. The van der Waals surface area contributed by atoms with Crippen LogP contribution in [0.1, 0.15) is 31.2 Å². The summed E-state index contributed by atoms with van der Waals surface area (Å²) in [6.45, 7) is 4.67. The maximum absolute atomic E-state index is 13.9. The van der Waals surface area contributed by atoms with Crippen LogP contribution in [0.4, 0.5) is 4.39 Å². The first kappa shape index (κ1) is 18.6. The summed E-state index contributed by atoms with van der Waals surface area (Å²) in [4.78, 5) is 21.1. The van der Waals surface area contributed by atoms with Crippen molar-refractivity contribution in [2.45, 2.75) is 45.3 Å². The maximum atomic E-state index is 13.9. The van der Waals surface area contributed by atoms with Gasteiger partial charge in [-0.05, 0) is 25.5 Å². The van der Waals surface area contributed by atoms with Gasteiger partial charge in [0.1, 0.15) is 18.2 Å². The summed E-state index contributed by atoms with van der Waals surface area (Å²) >= 11 is 0. The number of amides is 1. The smallest absolute Gasteiger partial charge is 0.242 e. The van der Waals surface area contributed by atoms with Crippen LogP contribution in [0.5, 0.6) is 0 Å². The second kappa shape index (κ2) is 8.45. The maximum Gasteiger partial charge on any atom is 0.242 e. The minimum absolute atomic E-state index is 0.0930. The quantitative estimate of drug-likeness (QED) is 0.797. The number of hydrogen-bond acceptors (Lipinski definition) is 3. The molecule has 1 aromatic heterocycles. The first-order valence-corrected chi connectivity index (χ1v) is 9.30. The van der Waals surface area contributed by atoms with Gasteiger partial charge < -0.3 is 9.47 Å². The third-order valence-electron chi connectivity index (χ3n) is 5.20. The Labute approximate surface area is 154 Å². The molecule has 5 nitrogen and oxygen atoms in total. The van der Waals surface area contributed by atoms with Crippen LogP contribution in [0.15, 0.2) is 36.7 Å². The average Bonchev–Trinajstić information content (AvgIpc) is 3.10. The fraction of sp³-hybridized carbons (Fsp3) is 0.500. The number of hydrogen-bond donors (Lipinski definition) is 0. The number of piperidine rings is 1. The standard InChI is InChI=1S/C20H27FN4O/c1-3-19-22-10-12-25(19)15-20(26)23(2)17-8-6-11-24(14-17)13-16-7-4-5-9-18(16)21/h4-5,7,9-10,12,17H,3,6,8,11,13-15H2,1-2H3/t17-/m1/s1. The molecule has 1 aromatic carbocycles. The minimum atomic E-state index is -0.161. The summed E-state index contributed by atoms with van der Waals surface area (Å²) in [5.74, 6) is 0.860. The summed E-state index contributed by atoms with van der Waals surface area (Å²) in [6, 6.07) is 7.08. The summed E-state index contributed by atoms with van der Waals surface area (Å²) in [6.07, 6.45) is 6.41. The molecule has 0 bridgehead atoms. The average molecular weight is 358 g/mol. The van der Waals surface area contributed by atoms with Crippen molar-refractivity contribution in [1.29, 1.82) is 0 Å². The lowest BCUT2D eigenvalue weighted by molar-refractivity contribution is -0.133. The minimum Gasteiger partial charge on any atom is -0.340 e. The van der Waals surface area contributed by atoms with Crippen LogP contribution in [-0.4, -0.2) is 51.4 Å². The number of halogens is 1. The summed E-state index contributed by atoms with van der Waals surface area (Å²) in [7, 11) is 1.88. The van der Waals surface area contributed by atoms with Crippen molar-refractivity contribution < 1.29 is 9.18 Å². The van der Waals surface area contributed by atoms with E-state index in [4.69, 9.17) is 0 Å². The van der Waals surface area contributed by atoms with Crippen molar-refractivity contribution in [2.24, 2.45) is 0 Å². The molecule has 6 heteroatoms. The zero-order valence-electron chi connectivity index (χ0n) is 15.6. The zero-order valence-corrected chi connectivity index (χ0v) is 15.6. The zero-order chi connectivity index (χ0) is 18.5. The Morgan fingerprint density at radius 2 is 2.19 bits per heavy atom. The molecule has 1 aliphatic heterocycles. The first-order chi connectivity index (χ1) is 12.6. The number of likely N-dealkylation sites (N-methyl/N-ethyl adjacent to an activating group) is 1. The third-order valence-corrected chi connectivity index (χ3v) is 5.20. The molecule has 2 aromatic rings. The fourth-order valence-electron chi connectivity index (χ4n) is 3.62. The molecule has 0 unspecified atom stereocenters. The van der Waals surface area contributed by atoms with E-state index in [1.54, 1.807) is 12.3 Å². The van der Waals surface area contributed by atoms with E-state index in [1.807, 2.05) is 41.8 Å². The third kappa shape index (κ3) is 4.30. The Bertz CT molecular complexity index is 745. The Balaban J connectivity index is 1.59. The van der Waals surface area contributed by atoms with Crippen molar-refractivity contribution in [3.8, 4) is 0 Å². The van der Waals surface area contributed by atoms with Gasteiger partial charge in [-0.1, -0.05) is 25.1 Å². The van der Waals surface area contributed by atoms with Crippen LogP contribution in [0.2, 0.25) is 0 Å². The molecule has 0 aliphatic carbocycles. The van der Waals surface area contributed by atoms with Crippen molar-refractivity contribution in [3.05, 3.63) is 53.9 Å². The summed E-state index contributed by atoms with van der Waals surface area (Å²) in [5.41, 5.74) is 0.716. The van der Waals surface area contributed by atoms with Gasteiger partial charge in [0.05, 0.1) is 0 Å². The number of likely N-dealkylation sites (tertiary alicyclic amines) is 1. The van der Waals surface area contributed by atoms with E-state index >= 15 is 0 Å². The Morgan fingerprint density at radius 1 is 1.38 bits per heavy atom. The van der Waals surface area contributed by atoms with Gasteiger partial charge in [0.15, 0.2) is 0 Å². The number of rotatable bonds is 6. The molecule has 1 atom stereocenters. The number of aromatic nitrogens is 2. The molecule has 0 N–H and O–H groups in total. The predicted molar refractivity (Wildman–Crippen MR) is 99.1 cm³/mol. The van der Waals surface area contributed by atoms with Crippen LogP contribution in [0, 0.1) is 5.82 Å². The highest BCUT2D eigenvalue weighted by Gasteiger charge is 2.26. The second-order valence-corrected chi connectivity index (χ2v) is 6.95. The molecule has 1 fully saturated rings. The largest absolute Gasteiger partial charge is 0.340 e.